The van der Waals surface area contributed by atoms with Gasteiger partial charge in [-0.3, -0.25) is 4.79 Å². The zero-order chi connectivity index (χ0) is 28.7. The summed E-state index contributed by atoms with van der Waals surface area (Å²) in [4.78, 5) is 25.8. The maximum atomic E-state index is 13.5. The van der Waals surface area contributed by atoms with Gasteiger partial charge in [-0.05, 0) is 79.2 Å². The molecule has 0 saturated carbocycles. The number of H-pyrrole nitrogens is 2. The number of fused-ring (bicyclic) bond motifs is 2. The number of hydrogen-bond acceptors (Lipinski definition) is 7. The number of halogens is 2. The molecule has 12 heteroatoms. The highest BCUT2D eigenvalue weighted by Crippen LogP contribution is 2.36. The Morgan fingerprint density at radius 2 is 2.05 bits per heavy atom. The number of benzene rings is 2. The molecule has 1 aliphatic heterocycles. The minimum absolute atomic E-state index is 0.0719. The first-order valence-electron chi connectivity index (χ1n) is 13.4. The van der Waals surface area contributed by atoms with Crippen LogP contribution in [-0.2, 0) is 0 Å². The number of rotatable bonds is 8. The molecule has 0 spiro atoms. The lowest BCUT2D eigenvalue weighted by atomic mass is 10.1. The van der Waals surface area contributed by atoms with Gasteiger partial charge in [0.25, 0.3) is 5.56 Å². The molecule has 1 atom stereocenters. The number of hydrogen-bond donors (Lipinski definition) is 5. The number of aromatic hydroxyl groups is 1. The average Bonchev–Trinajstić information content (AvgIpc) is 3.51. The van der Waals surface area contributed by atoms with E-state index in [4.69, 9.17) is 4.74 Å². The third-order valence-corrected chi connectivity index (χ3v) is 8.20. The highest BCUT2D eigenvalue weighted by atomic mass is 79.9. The van der Waals surface area contributed by atoms with Crippen LogP contribution in [0.2, 0.25) is 0 Å². The van der Waals surface area contributed by atoms with Crippen molar-refractivity contribution in [2.45, 2.75) is 25.0 Å². The van der Waals surface area contributed by atoms with Gasteiger partial charge in [0.1, 0.15) is 35.7 Å². The third-order valence-electron chi connectivity index (χ3n) is 7.55. The summed E-state index contributed by atoms with van der Waals surface area (Å²) in [5.41, 5.74) is 1.75. The number of piperidine rings is 1. The minimum atomic E-state index is -0.947. The lowest BCUT2D eigenvalue weighted by Gasteiger charge is -2.30. The van der Waals surface area contributed by atoms with E-state index in [0.29, 0.717) is 26.9 Å². The number of aliphatic hydroxyl groups excluding tert-OH is 1. The first-order valence-corrected chi connectivity index (χ1v) is 14.2. The standard InChI is InChI=1S/C29H30BrFN6O4/c1-36-8-5-18(6-9-36)37-14-16-10-23-24(12-20(16)29(37)40)35-27(34-23)26-22(4-7-32-28(26)39)33-13-19(38)15-41-25-11-17(31)2-3-21(25)30/h2-4,7,10-12,14,18-19,38,40H,5-6,8-9,13,15H2,1H3,(H,34,35)(H2,32,33,39)/t19-/m1/s1. The second kappa shape index (κ2) is 11.2. The van der Waals surface area contributed by atoms with Crippen LogP contribution in [0.15, 0.2) is 58.1 Å². The minimum Gasteiger partial charge on any atom is -0.494 e. The average molecular weight is 625 g/mol. The van der Waals surface area contributed by atoms with Gasteiger partial charge in [0, 0.05) is 41.8 Å². The number of anilines is 1. The van der Waals surface area contributed by atoms with Crippen LogP contribution in [0.25, 0.3) is 33.2 Å². The zero-order valence-electron chi connectivity index (χ0n) is 22.3. The van der Waals surface area contributed by atoms with E-state index in [1.54, 1.807) is 6.07 Å². The van der Waals surface area contributed by atoms with E-state index >= 15 is 0 Å². The number of aliphatic hydroxyl groups is 1. The Labute approximate surface area is 242 Å². The van der Waals surface area contributed by atoms with E-state index < -0.39 is 11.9 Å². The summed E-state index contributed by atoms with van der Waals surface area (Å²) in [6.45, 7) is 1.96. The fraction of sp³-hybridized carbons (Fsp3) is 0.310. The summed E-state index contributed by atoms with van der Waals surface area (Å²) in [5, 5.41) is 26.2. The molecule has 5 N–H and O–H groups in total. The van der Waals surface area contributed by atoms with Gasteiger partial charge >= 0.3 is 0 Å². The van der Waals surface area contributed by atoms with Crippen molar-refractivity contribution < 1.29 is 19.3 Å². The molecule has 0 amide bonds. The highest BCUT2D eigenvalue weighted by molar-refractivity contribution is 9.10. The van der Waals surface area contributed by atoms with Crippen molar-refractivity contribution in [1.29, 1.82) is 0 Å². The zero-order valence-corrected chi connectivity index (χ0v) is 23.9. The molecule has 1 aliphatic rings. The molecule has 3 aromatic heterocycles. The fourth-order valence-corrected chi connectivity index (χ4v) is 5.68. The Kier molecular flexibility index (Phi) is 7.45. The second-order valence-corrected chi connectivity index (χ2v) is 11.3. The number of nitrogens with zero attached hydrogens (tertiary/aromatic N) is 3. The van der Waals surface area contributed by atoms with Crippen LogP contribution in [-0.4, -0.2) is 74.0 Å². The number of aromatic amines is 2. The number of ether oxygens (including phenoxy) is 1. The molecule has 4 heterocycles. The smallest absolute Gasteiger partial charge is 0.261 e. The first kappa shape index (κ1) is 27.3. The number of nitrogens with one attached hydrogen (secondary N) is 3. The lowest BCUT2D eigenvalue weighted by Crippen LogP contribution is -2.31. The van der Waals surface area contributed by atoms with Crippen LogP contribution >= 0.6 is 15.9 Å². The van der Waals surface area contributed by atoms with Crippen molar-refractivity contribution in [1.82, 2.24) is 24.4 Å². The summed E-state index contributed by atoms with van der Waals surface area (Å²) >= 11 is 3.30. The molecule has 214 valence electrons. The van der Waals surface area contributed by atoms with E-state index in [-0.39, 0.29) is 41.9 Å². The van der Waals surface area contributed by atoms with Crippen LogP contribution in [0.4, 0.5) is 10.1 Å². The van der Waals surface area contributed by atoms with E-state index in [1.165, 1.54) is 24.4 Å². The van der Waals surface area contributed by atoms with Gasteiger partial charge in [0.05, 0.1) is 21.2 Å². The predicted molar refractivity (Wildman–Crippen MR) is 159 cm³/mol. The maximum Gasteiger partial charge on any atom is 0.261 e. The van der Waals surface area contributed by atoms with Gasteiger partial charge in [-0.25, -0.2) is 9.37 Å². The molecule has 0 aliphatic carbocycles. The Morgan fingerprint density at radius 1 is 1.24 bits per heavy atom. The number of likely N-dealkylation sites (tertiary alicyclic amines) is 1. The fourth-order valence-electron chi connectivity index (χ4n) is 5.32. The quantitative estimate of drug-likeness (QED) is 0.170. The van der Waals surface area contributed by atoms with E-state index in [9.17, 15) is 19.4 Å². The summed E-state index contributed by atoms with van der Waals surface area (Å²) in [6, 6.07) is 9.77. The van der Waals surface area contributed by atoms with Crippen molar-refractivity contribution in [2.75, 3.05) is 38.6 Å². The molecule has 5 aromatic rings. The van der Waals surface area contributed by atoms with E-state index in [0.717, 1.165) is 36.8 Å². The summed E-state index contributed by atoms with van der Waals surface area (Å²) in [7, 11) is 2.11. The normalized spacial score (nSPS) is 15.5. The molecular formula is C29H30BrFN6O4. The first-order chi connectivity index (χ1) is 19.8. The van der Waals surface area contributed by atoms with Crippen LogP contribution in [0.5, 0.6) is 11.6 Å². The SMILES string of the molecule is CN1CCC(n2cc3cc4[nH]c(-c5c(NC[C@@H](O)COc6cc(F)ccc6Br)cc[nH]c5=O)nc4cc3c2O)CC1. The molecule has 41 heavy (non-hydrogen) atoms. The monoisotopic (exact) mass is 624 g/mol. The number of aromatic nitrogens is 4. The molecular weight excluding hydrogens is 595 g/mol. The molecule has 6 rings (SSSR count). The Morgan fingerprint density at radius 3 is 2.85 bits per heavy atom. The van der Waals surface area contributed by atoms with Crippen LogP contribution < -0.4 is 15.6 Å². The van der Waals surface area contributed by atoms with Gasteiger partial charge in [-0.15, -0.1) is 0 Å². The molecule has 10 nitrogen and oxygen atoms in total. The molecule has 0 bridgehead atoms. The summed E-state index contributed by atoms with van der Waals surface area (Å²) in [5.74, 6) is 0.419. The van der Waals surface area contributed by atoms with E-state index in [2.05, 4.69) is 48.1 Å². The van der Waals surface area contributed by atoms with Gasteiger partial charge in [0.2, 0.25) is 0 Å². The second-order valence-electron chi connectivity index (χ2n) is 10.5. The molecule has 1 saturated heterocycles. The highest BCUT2D eigenvalue weighted by Gasteiger charge is 2.23. The van der Waals surface area contributed by atoms with Gasteiger partial charge < -0.3 is 39.7 Å². The lowest BCUT2D eigenvalue weighted by molar-refractivity contribution is 0.117. The topological polar surface area (TPSA) is 131 Å². The molecule has 1 fully saturated rings. The van der Waals surface area contributed by atoms with E-state index in [1.807, 2.05) is 22.9 Å². The van der Waals surface area contributed by atoms with Crippen molar-refractivity contribution in [3.8, 4) is 23.0 Å². The molecule has 2 aromatic carbocycles. The van der Waals surface area contributed by atoms with Crippen LogP contribution in [0, 0.1) is 5.82 Å². The van der Waals surface area contributed by atoms with Crippen molar-refractivity contribution in [3.05, 3.63) is 69.4 Å². The van der Waals surface area contributed by atoms with Gasteiger partial charge in [-0.2, -0.15) is 0 Å². The van der Waals surface area contributed by atoms with Crippen LogP contribution in [0.3, 0.4) is 0 Å². The largest absolute Gasteiger partial charge is 0.494 e. The van der Waals surface area contributed by atoms with Gasteiger partial charge in [-0.1, -0.05) is 0 Å². The predicted octanol–water partition coefficient (Wildman–Crippen LogP) is 4.60. The molecule has 0 radical (unpaired) electrons. The Bertz CT molecular complexity index is 1770. The summed E-state index contributed by atoms with van der Waals surface area (Å²) < 4.78 is 21.6. The number of pyridine rings is 1. The van der Waals surface area contributed by atoms with Crippen molar-refractivity contribution in [2.24, 2.45) is 0 Å². The van der Waals surface area contributed by atoms with Crippen LogP contribution in [0.1, 0.15) is 18.9 Å². The number of imidazole rings is 1. The van der Waals surface area contributed by atoms with Crippen molar-refractivity contribution >= 4 is 43.4 Å². The third kappa shape index (κ3) is 5.54. The maximum absolute atomic E-state index is 13.5. The summed E-state index contributed by atoms with van der Waals surface area (Å²) in [6.07, 6.45) is 4.49. The van der Waals surface area contributed by atoms with Crippen molar-refractivity contribution in [3.63, 3.8) is 0 Å². The van der Waals surface area contributed by atoms with Gasteiger partial charge in [0.15, 0.2) is 5.88 Å². The molecule has 0 unspecified atom stereocenters. The Balaban J connectivity index is 1.22. The Hall–Kier alpha value is -3.87.